The molecule has 2 aromatic rings. The van der Waals surface area contributed by atoms with Crippen LogP contribution in [-0.2, 0) is 14.3 Å². The summed E-state index contributed by atoms with van der Waals surface area (Å²) < 4.78 is 5.73. The third-order valence-corrected chi connectivity index (χ3v) is 8.17. The molecular formula is C27H32N2O5S. The zero-order valence-electron chi connectivity index (χ0n) is 20.1. The Labute approximate surface area is 210 Å². The molecule has 0 saturated carbocycles. The molecule has 0 spiro atoms. The summed E-state index contributed by atoms with van der Waals surface area (Å²) in [6.07, 6.45) is 0.864. The van der Waals surface area contributed by atoms with Crippen LogP contribution in [0.3, 0.4) is 0 Å². The number of benzene rings is 2. The van der Waals surface area contributed by atoms with Gasteiger partial charge in [-0.1, -0.05) is 48.5 Å². The van der Waals surface area contributed by atoms with Gasteiger partial charge in [-0.05, 0) is 60.4 Å². The van der Waals surface area contributed by atoms with Crippen molar-refractivity contribution in [3.8, 4) is 11.1 Å². The fourth-order valence-electron chi connectivity index (χ4n) is 4.91. The van der Waals surface area contributed by atoms with E-state index in [9.17, 15) is 19.5 Å². The molecule has 2 aliphatic rings. The van der Waals surface area contributed by atoms with Crippen LogP contribution in [0.1, 0.15) is 50.2 Å². The van der Waals surface area contributed by atoms with Crippen LogP contribution in [0.5, 0.6) is 0 Å². The van der Waals surface area contributed by atoms with Gasteiger partial charge in [-0.3, -0.25) is 9.59 Å². The van der Waals surface area contributed by atoms with Gasteiger partial charge in [0, 0.05) is 18.4 Å². The molecule has 0 radical (unpaired) electrons. The van der Waals surface area contributed by atoms with Crippen LogP contribution in [-0.4, -0.2) is 52.8 Å². The second-order valence-electron chi connectivity index (χ2n) is 9.50. The fraction of sp³-hybridized carbons (Fsp3) is 0.444. The van der Waals surface area contributed by atoms with Crippen molar-refractivity contribution < 1.29 is 24.2 Å². The van der Waals surface area contributed by atoms with Crippen molar-refractivity contribution >= 4 is 29.7 Å². The Hall–Kier alpha value is -3.00. The quantitative estimate of drug-likeness (QED) is 0.500. The standard InChI is InChI=1S/C27H32N2O5S/c1-17(25(31)32)18(2)28-24(30)15-27(11-13-35-14-12-27)29-26(33)34-16-23-21-9-5-3-7-19(21)20-8-4-6-10-22(20)23/h3-10,17-18,23H,11-16H2,1-2H3,(H,28,30)(H,29,33)(H,31,32). The molecule has 2 unspecified atom stereocenters. The van der Waals surface area contributed by atoms with Gasteiger partial charge in [-0.2, -0.15) is 11.8 Å². The van der Waals surface area contributed by atoms with E-state index in [4.69, 9.17) is 4.74 Å². The second-order valence-corrected chi connectivity index (χ2v) is 10.7. The van der Waals surface area contributed by atoms with Crippen molar-refractivity contribution in [1.82, 2.24) is 10.6 Å². The summed E-state index contributed by atoms with van der Waals surface area (Å²) in [6.45, 7) is 3.46. The maximum absolute atomic E-state index is 12.9. The van der Waals surface area contributed by atoms with E-state index in [1.165, 1.54) is 11.1 Å². The number of hydrogen-bond donors (Lipinski definition) is 3. The fourth-order valence-corrected chi connectivity index (χ4v) is 6.18. The Morgan fingerprint density at radius 1 is 1.03 bits per heavy atom. The van der Waals surface area contributed by atoms with Gasteiger partial charge in [0.05, 0.1) is 11.5 Å². The number of aliphatic carboxylic acids is 1. The molecule has 2 amide bonds. The topological polar surface area (TPSA) is 105 Å². The third kappa shape index (κ3) is 5.64. The van der Waals surface area contributed by atoms with E-state index < -0.39 is 29.6 Å². The van der Waals surface area contributed by atoms with E-state index in [2.05, 4.69) is 34.9 Å². The molecule has 3 N–H and O–H groups in total. The number of carboxylic acids is 1. The van der Waals surface area contributed by atoms with Gasteiger partial charge in [-0.15, -0.1) is 0 Å². The first kappa shape index (κ1) is 25.1. The first-order chi connectivity index (χ1) is 16.8. The molecule has 2 aromatic carbocycles. The molecule has 4 rings (SSSR count). The van der Waals surface area contributed by atoms with Crippen molar-refractivity contribution in [3.63, 3.8) is 0 Å². The number of nitrogens with one attached hydrogen (secondary N) is 2. The number of hydrogen-bond acceptors (Lipinski definition) is 5. The van der Waals surface area contributed by atoms with E-state index in [0.29, 0.717) is 12.8 Å². The van der Waals surface area contributed by atoms with Crippen molar-refractivity contribution in [1.29, 1.82) is 0 Å². The van der Waals surface area contributed by atoms with Gasteiger partial charge in [0.1, 0.15) is 6.61 Å². The van der Waals surface area contributed by atoms with E-state index in [1.807, 2.05) is 24.3 Å². The first-order valence-corrected chi connectivity index (χ1v) is 13.2. The highest BCUT2D eigenvalue weighted by atomic mass is 32.2. The summed E-state index contributed by atoms with van der Waals surface area (Å²) in [6, 6.07) is 15.8. The number of carboxylic acid groups (broad SMARTS) is 1. The molecule has 1 aliphatic heterocycles. The summed E-state index contributed by atoms with van der Waals surface area (Å²) in [4.78, 5) is 37.0. The number of thioether (sulfide) groups is 1. The minimum Gasteiger partial charge on any atom is -0.481 e. The normalized spacial score (nSPS) is 18.0. The van der Waals surface area contributed by atoms with Gasteiger partial charge in [0.15, 0.2) is 0 Å². The minimum atomic E-state index is -0.960. The lowest BCUT2D eigenvalue weighted by Gasteiger charge is -2.37. The number of carbonyl (C=O) groups is 3. The van der Waals surface area contributed by atoms with Crippen LogP contribution in [0.15, 0.2) is 48.5 Å². The highest BCUT2D eigenvalue weighted by Gasteiger charge is 2.38. The summed E-state index contributed by atoms with van der Waals surface area (Å²) >= 11 is 1.79. The molecule has 2 atom stereocenters. The van der Waals surface area contributed by atoms with E-state index in [0.717, 1.165) is 22.6 Å². The summed E-state index contributed by atoms with van der Waals surface area (Å²) in [5.41, 5.74) is 3.92. The summed E-state index contributed by atoms with van der Waals surface area (Å²) in [5.74, 6) is -0.301. The predicted octanol–water partition coefficient (Wildman–Crippen LogP) is 4.41. The second kappa shape index (κ2) is 10.7. The zero-order valence-corrected chi connectivity index (χ0v) is 20.9. The average molecular weight is 497 g/mol. The Balaban J connectivity index is 1.40. The number of ether oxygens (including phenoxy) is 1. The van der Waals surface area contributed by atoms with Crippen molar-refractivity contribution in [2.75, 3.05) is 18.1 Å². The molecule has 1 aliphatic carbocycles. The average Bonchev–Trinajstić information content (AvgIpc) is 3.16. The van der Waals surface area contributed by atoms with Crippen molar-refractivity contribution in [2.45, 2.75) is 50.6 Å². The number of carbonyl (C=O) groups excluding carboxylic acids is 2. The van der Waals surface area contributed by atoms with Gasteiger partial charge in [-0.25, -0.2) is 4.79 Å². The Bertz CT molecular complexity index is 1050. The largest absolute Gasteiger partial charge is 0.481 e. The maximum Gasteiger partial charge on any atom is 0.407 e. The minimum absolute atomic E-state index is 0.0346. The highest BCUT2D eigenvalue weighted by molar-refractivity contribution is 7.99. The van der Waals surface area contributed by atoms with Crippen LogP contribution in [0.4, 0.5) is 4.79 Å². The van der Waals surface area contributed by atoms with Crippen LogP contribution >= 0.6 is 11.8 Å². The molecule has 186 valence electrons. The SMILES string of the molecule is CC(NC(=O)CC1(NC(=O)OCC2c3ccccc3-c3ccccc32)CCSCC1)C(C)C(=O)O. The lowest BCUT2D eigenvalue weighted by molar-refractivity contribution is -0.142. The van der Waals surface area contributed by atoms with Gasteiger partial charge in [0.25, 0.3) is 0 Å². The molecule has 1 saturated heterocycles. The van der Waals surface area contributed by atoms with Crippen LogP contribution in [0.2, 0.25) is 0 Å². The predicted molar refractivity (Wildman–Crippen MR) is 137 cm³/mol. The Kier molecular flexibility index (Phi) is 7.69. The number of alkyl carbamates (subject to hydrolysis) is 1. The third-order valence-electron chi connectivity index (χ3n) is 7.19. The number of amides is 2. The van der Waals surface area contributed by atoms with Crippen molar-refractivity contribution in [2.24, 2.45) is 5.92 Å². The first-order valence-electron chi connectivity index (χ1n) is 12.0. The van der Waals surface area contributed by atoms with Crippen molar-refractivity contribution in [3.05, 3.63) is 59.7 Å². The maximum atomic E-state index is 12.9. The van der Waals surface area contributed by atoms with E-state index >= 15 is 0 Å². The number of rotatable bonds is 8. The lowest BCUT2D eigenvalue weighted by atomic mass is 9.88. The van der Waals surface area contributed by atoms with Crippen LogP contribution in [0.25, 0.3) is 11.1 Å². The smallest absolute Gasteiger partial charge is 0.407 e. The van der Waals surface area contributed by atoms with Gasteiger partial charge < -0.3 is 20.5 Å². The zero-order chi connectivity index (χ0) is 25.0. The Morgan fingerprint density at radius 2 is 1.60 bits per heavy atom. The molecule has 7 nitrogen and oxygen atoms in total. The Morgan fingerprint density at radius 3 is 2.17 bits per heavy atom. The summed E-state index contributed by atoms with van der Waals surface area (Å²) in [7, 11) is 0. The monoisotopic (exact) mass is 496 g/mol. The van der Waals surface area contributed by atoms with Gasteiger partial charge in [0.2, 0.25) is 5.91 Å². The van der Waals surface area contributed by atoms with E-state index in [-0.39, 0.29) is 24.9 Å². The molecule has 8 heteroatoms. The highest BCUT2D eigenvalue weighted by Crippen LogP contribution is 2.44. The molecule has 1 heterocycles. The molecular weight excluding hydrogens is 464 g/mol. The van der Waals surface area contributed by atoms with E-state index in [1.54, 1.807) is 25.6 Å². The molecule has 35 heavy (non-hydrogen) atoms. The van der Waals surface area contributed by atoms with Crippen LogP contribution in [0, 0.1) is 5.92 Å². The van der Waals surface area contributed by atoms with Crippen LogP contribution < -0.4 is 10.6 Å². The molecule has 0 aromatic heterocycles. The molecule has 0 bridgehead atoms. The summed E-state index contributed by atoms with van der Waals surface area (Å²) in [5, 5.41) is 15.0. The molecule has 1 fully saturated rings. The lowest BCUT2D eigenvalue weighted by Crippen LogP contribution is -2.54. The van der Waals surface area contributed by atoms with Gasteiger partial charge >= 0.3 is 12.1 Å². The number of fused-ring (bicyclic) bond motifs is 3.